The summed E-state index contributed by atoms with van der Waals surface area (Å²) in [6, 6.07) is 1.92. The predicted octanol–water partition coefficient (Wildman–Crippen LogP) is 3.37. The van der Waals surface area contributed by atoms with E-state index in [0.29, 0.717) is 18.9 Å². The zero-order valence-corrected chi connectivity index (χ0v) is 12.4. The van der Waals surface area contributed by atoms with Crippen LogP contribution in [0.1, 0.15) is 42.6 Å². The Kier molecular flexibility index (Phi) is 5.93. The van der Waals surface area contributed by atoms with Gasteiger partial charge in [0.2, 0.25) is 0 Å². The van der Waals surface area contributed by atoms with Crippen molar-refractivity contribution in [2.75, 3.05) is 13.2 Å². The number of aliphatic hydroxyl groups excluding tert-OH is 1. The third kappa shape index (κ3) is 4.19. The quantitative estimate of drug-likeness (QED) is 0.789. The Morgan fingerprint density at radius 2 is 1.82 bits per heavy atom. The highest BCUT2D eigenvalue weighted by Gasteiger charge is 2.36. The molecule has 0 aliphatic carbocycles. The molecule has 22 heavy (non-hydrogen) atoms. The summed E-state index contributed by atoms with van der Waals surface area (Å²) in [4.78, 5) is 12.0. The Balaban J connectivity index is 3.00. The topological polar surface area (TPSA) is 49.3 Å². The first kappa shape index (κ1) is 18.4. The monoisotopic (exact) mass is 321 g/mol. The molecule has 7 heteroatoms. The molecule has 1 aromatic carbocycles. The Labute approximate surface area is 126 Å². The van der Waals surface area contributed by atoms with E-state index in [4.69, 9.17) is 0 Å². The zero-order chi connectivity index (χ0) is 17.0. The molecule has 2 N–H and O–H groups in total. The smallest absolute Gasteiger partial charge is 0.396 e. The van der Waals surface area contributed by atoms with Crippen LogP contribution < -0.4 is 5.32 Å². The summed E-state index contributed by atoms with van der Waals surface area (Å²) < 4.78 is 51.6. The van der Waals surface area contributed by atoms with Gasteiger partial charge in [0.25, 0.3) is 5.91 Å². The molecule has 0 atom stereocenters. The molecule has 1 aromatic rings. The van der Waals surface area contributed by atoms with Crippen LogP contribution in [0.5, 0.6) is 0 Å². The minimum absolute atomic E-state index is 0.0456. The summed E-state index contributed by atoms with van der Waals surface area (Å²) >= 11 is 0. The molecular formula is C15H19F4NO2. The maximum absolute atomic E-state index is 13.0. The van der Waals surface area contributed by atoms with Crippen molar-refractivity contribution in [2.24, 2.45) is 5.41 Å². The van der Waals surface area contributed by atoms with Crippen molar-refractivity contribution in [3.63, 3.8) is 0 Å². The summed E-state index contributed by atoms with van der Waals surface area (Å²) in [6.45, 7) is 3.51. The zero-order valence-electron chi connectivity index (χ0n) is 12.4. The van der Waals surface area contributed by atoms with Crippen molar-refractivity contribution in [1.82, 2.24) is 5.32 Å². The maximum Gasteiger partial charge on any atom is 0.417 e. The van der Waals surface area contributed by atoms with Crippen molar-refractivity contribution in [3.8, 4) is 0 Å². The summed E-state index contributed by atoms with van der Waals surface area (Å²) in [7, 11) is 0. The molecule has 1 amide bonds. The molecule has 0 unspecified atom stereocenters. The van der Waals surface area contributed by atoms with Crippen molar-refractivity contribution in [1.29, 1.82) is 0 Å². The Morgan fingerprint density at radius 3 is 2.27 bits per heavy atom. The number of aliphatic hydroxyl groups is 1. The van der Waals surface area contributed by atoms with Crippen LogP contribution in [-0.2, 0) is 6.18 Å². The van der Waals surface area contributed by atoms with E-state index in [2.05, 4.69) is 5.32 Å². The highest BCUT2D eigenvalue weighted by atomic mass is 19.4. The van der Waals surface area contributed by atoms with E-state index in [1.54, 1.807) is 0 Å². The Bertz CT molecular complexity index is 516. The molecular weight excluding hydrogens is 302 g/mol. The van der Waals surface area contributed by atoms with Crippen LogP contribution in [0.25, 0.3) is 0 Å². The predicted molar refractivity (Wildman–Crippen MR) is 73.8 cm³/mol. The van der Waals surface area contributed by atoms with Gasteiger partial charge in [0, 0.05) is 12.0 Å². The number of hydrogen-bond acceptors (Lipinski definition) is 2. The van der Waals surface area contributed by atoms with Crippen LogP contribution in [0.15, 0.2) is 18.2 Å². The number of benzene rings is 1. The second kappa shape index (κ2) is 7.09. The molecule has 3 nitrogen and oxygen atoms in total. The molecule has 1 rings (SSSR count). The first-order valence-electron chi connectivity index (χ1n) is 6.95. The number of nitrogens with one attached hydrogen (secondary N) is 1. The standard InChI is InChI=1S/C15H19F4NO2/c1-3-14(4-2,9-21)8-20-13(22)11-6-5-10(16)7-12(11)15(17,18)19/h5-7,21H,3-4,8-9H2,1-2H3,(H,20,22). The maximum atomic E-state index is 13.0. The van der Waals surface area contributed by atoms with Crippen molar-refractivity contribution >= 4 is 5.91 Å². The second-order valence-electron chi connectivity index (χ2n) is 5.24. The molecule has 0 bridgehead atoms. The van der Waals surface area contributed by atoms with Crippen molar-refractivity contribution in [3.05, 3.63) is 35.1 Å². The van der Waals surface area contributed by atoms with Gasteiger partial charge in [0.1, 0.15) is 5.82 Å². The lowest BCUT2D eigenvalue weighted by Gasteiger charge is -2.29. The van der Waals surface area contributed by atoms with Crippen LogP contribution in [-0.4, -0.2) is 24.2 Å². The number of rotatable bonds is 6. The third-order valence-electron chi connectivity index (χ3n) is 3.99. The van der Waals surface area contributed by atoms with Crippen LogP contribution in [0, 0.1) is 11.2 Å². The average molecular weight is 321 g/mol. The van der Waals surface area contributed by atoms with Crippen LogP contribution in [0.3, 0.4) is 0 Å². The van der Waals surface area contributed by atoms with Crippen LogP contribution in [0.4, 0.5) is 17.6 Å². The Hall–Kier alpha value is -1.63. The first-order valence-corrected chi connectivity index (χ1v) is 6.95. The lowest BCUT2D eigenvalue weighted by atomic mass is 9.83. The molecule has 124 valence electrons. The van der Waals surface area contributed by atoms with Crippen molar-refractivity contribution in [2.45, 2.75) is 32.9 Å². The van der Waals surface area contributed by atoms with Gasteiger partial charge < -0.3 is 10.4 Å². The lowest BCUT2D eigenvalue weighted by molar-refractivity contribution is -0.138. The summed E-state index contributed by atoms with van der Waals surface area (Å²) in [6.07, 6.45) is -3.69. The highest BCUT2D eigenvalue weighted by Crippen LogP contribution is 2.32. The van der Waals surface area contributed by atoms with Crippen LogP contribution >= 0.6 is 0 Å². The normalized spacial score (nSPS) is 12.3. The van der Waals surface area contributed by atoms with E-state index >= 15 is 0 Å². The van der Waals surface area contributed by atoms with Gasteiger partial charge in [-0.15, -0.1) is 0 Å². The van der Waals surface area contributed by atoms with E-state index < -0.39 is 34.4 Å². The third-order valence-corrected chi connectivity index (χ3v) is 3.99. The fourth-order valence-corrected chi connectivity index (χ4v) is 2.09. The van der Waals surface area contributed by atoms with Crippen molar-refractivity contribution < 1.29 is 27.5 Å². The van der Waals surface area contributed by atoms with Gasteiger partial charge >= 0.3 is 6.18 Å². The highest BCUT2D eigenvalue weighted by molar-refractivity contribution is 5.95. The fourth-order valence-electron chi connectivity index (χ4n) is 2.09. The molecule has 0 saturated heterocycles. The minimum Gasteiger partial charge on any atom is -0.396 e. The summed E-state index contributed by atoms with van der Waals surface area (Å²) in [5.41, 5.74) is -2.52. The van der Waals surface area contributed by atoms with E-state index in [1.807, 2.05) is 13.8 Å². The van der Waals surface area contributed by atoms with Gasteiger partial charge in [0.05, 0.1) is 17.7 Å². The lowest BCUT2D eigenvalue weighted by Crippen LogP contribution is -2.40. The minimum atomic E-state index is -4.82. The molecule has 0 fully saturated rings. The Morgan fingerprint density at radius 1 is 1.23 bits per heavy atom. The fraction of sp³-hybridized carbons (Fsp3) is 0.533. The summed E-state index contributed by atoms with van der Waals surface area (Å²) in [5.74, 6) is -2.00. The van der Waals surface area contributed by atoms with E-state index in [0.717, 1.165) is 12.1 Å². The molecule has 0 aliphatic rings. The molecule has 0 saturated carbocycles. The number of carbonyl (C=O) groups excluding carboxylic acids is 1. The van der Waals surface area contributed by atoms with E-state index in [9.17, 15) is 27.5 Å². The molecule has 0 aromatic heterocycles. The van der Waals surface area contributed by atoms with E-state index in [-0.39, 0.29) is 13.2 Å². The van der Waals surface area contributed by atoms with E-state index in [1.165, 1.54) is 0 Å². The molecule has 0 radical (unpaired) electrons. The van der Waals surface area contributed by atoms with Gasteiger partial charge in [-0.05, 0) is 31.0 Å². The number of amides is 1. The molecule has 0 spiro atoms. The second-order valence-corrected chi connectivity index (χ2v) is 5.24. The number of carbonyl (C=O) groups is 1. The number of halogens is 4. The largest absolute Gasteiger partial charge is 0.417 e. The number of hydrogen-bond donors (Lipinski definition) is 2. The SMILES string of the molecule is CCC(CC)(CO)CNC(=O)c1ccc(F)cc1C(F)(F)F. The van der Waals surface area contributed by atoms with Gasteiger partial charge in [-0.2, -0.15) is 13.2 Å². The summed E-state index contributed by atoms with van der Waals surface area (Å²) in [5, 5.41) is 11.8. The number of alkyl halides is 3. The van der Waals surface area contributed by atoms with Gasteiger partial charge in [-0.1, -0.05) is 13.8 Å². The first-order chi connectivity index (χ1) is 10.2. The van der Waals surface area contributed by atoms with Crippen LogP contribution in [0.2, 0.25) is 0 Å². The van der Waals surface area contributed by atoms with Gasteiger partial charge in [0.15, 0.2) is 0 Å². The van der Waals surface area contributed by atoms with Gasteiger partial charge in [-0.3, -0.25) is 4.79 Å². The molecule has 0 heterocycles. The van der Waals surface area contributed by atoms with Gasteiger partial charge in [-0.25, -0.2) is 4.39 Å². The average Bonchev–Trinajstić information content (AvgIpc) is 2.48. The molecule has 0 aliphatic heterocycles.